The Labute approximate surface area is 106 Å². The lowest BCUT2D eigenvalue weighted by Gasteiger charge is -2.22. The predicted octanol–water partition coefficient (Wildman–Crippen LogP) is 0.568. The van der Waals surface area contributed by atoms with Crippen molar-refractivity contribution in [1.29, 1.82) is 0 Å². The zero-order valence-corrected chi connectivity index (χ0v) is 10.4. The number of hydrogen-bond acceptors (Lipinski definition) is 4. The molecule has 1 unspecified atom stereocenters. The minimum Gasteiger partial charge on any atom is -0.481 e. The Kier molecular flexibility index (Phi) is 6.67. The molecule has 0 spiro atoms. The summed E-state index contributed by atoms with van der Waals surface area (Å²) in [5, 5.41) is 20.5. The largest absolute Gasteiger partial charge is 0.481 e. The smallest absolute Gasteiger partial charge is 0.308 e. The van der Waals surface area contributed by atoms with Crippen molar-refractivity contribution in [1.82, 2.24) is 5.32 Å². The third kappa shape index (κ3) is 5.97. The molecule has 0 saturated carbocycles. The van der Waals surface area contributed by atoms with Crippen LogP contribution in [0.15, 0.2) is 0 Å². The Morgan fingerprint density at radius 3 is 2.50 bits per heavy atom. The van der Waals surface area contributed by atoms with Gasteiger partial charge in [0.15, 0.2) is 0 Å². The zero-order chi connectivity index (χ0) is 13.4. The summed E-state index contributed by atoms with van der Waals surface area (Å²) in [5.41, 5.74) is 0. The van der Waals surface area contributed by atoms with Crippen molar-refractivity contribution >= 4 is 11.9 Å². The van der Waals surface area contributed by atoms with Crippen LogP contribution in [0.5, 0.6) is 0 Å². The van der Waals surface area contributed by atoms with Gasteiger partial charge in [-0.15, -0.1) is 0 Å². The highest BCUT2D eigenvalue weighted by atomic mass is 16.5. The standard InChI is InChI=1S/C12H21NO5/c14-11(15)7-10(12(16)17)8-13-4-1-9-2-5-18-6-3-9/h9-10,13H,1-8H2,(H,14,15)(H,16,17). The summed E-state index contributed by atoms with van der Waals surface area (Å²) in [6.07, 6.45) is 2.76. The fraction of sp³-hybridized carbons (Fsp3) is 0.833. The summed E-state index contributed by atoms with van der Waals surface area (Å²) >= 11 is 0. The summed E-state index contributed by atoms with van der Waals surface area (Å²) in [6, 6.07) is 0. The molecule has 1 aliphatic heterocycles. The molecule has 0 aromatic rings. The molecule has 18 heavy (non-hydrogen) atoms. The highest BCUT2D eigenvalue weighted by Gasteiger charge is 2.20. The molecule has 0 amide bonds. The van der Waals surface area contributed by atoms with E-state index in [4.69, 9.17) is 14.9 Å². The molecule has 0 aromatic heterocycles. The summed E-state index contributed by atoms with van der Waals surface area (Å²) in [7, 11) is 0. The van der Waals surface area contributed by atoms with Gasteiger partial charge in [0.25, 0.3) is 0 Å². The van der Waals surface area contributed by atoms with Gasteiger partial charge in [-0.05, 0) is 31.7 Å². The second-order valence-electron chi connectivity index (χ2n) is 4.68. The third-order valence-corrected chi connectivity index (χ3v) is 3.23. The van der Waals surface area contributed by atoms with Gasteiger partial charge in [-0.3, -0.25) is 9.59 Å². The molecule has 1 saturated heterocycles. The van der Waals surface area contributed by atoms with E-state index in [1.165, 1.54) is 0 Å². The molecule has 6 nitrogen and oxygen atoms in total. The first-order chi connectivity index (χ1) is 8.59. The van der Waals surface area contributed by atoms with Gasteiger partial charge in [0, 0.05) is 19.8 Å². The van der Waals surface area contributed by atoms with Crippen LogP contribution in [0.25, 0.3) is 0 Å². The van der Waals surface area contributed by atoms with Crippen molar-refractivity contribution in [2.24, 2.45) is 11.8 Å². The molecule has 6 heteroatoms. The van der Waals surface area contributed by atoms with E-state index in [0.29, 0.717) is 5.92 Å². The van der Waals surface area contributed by atoms with E-state index < -0.39 is 17.9 Å². The predicted molar refractivity (Wildman–Crippen MR) is 64.4 cm³/mol. The maximum Gasteiger partial charge on any atom is 0.308 e. The van der Waals surface area contributed by atoms with Gasteiger partial charge in [0.1, 0.15) is 0 Å². The molecular weight excluding hydrogens is 238 g/mol. The highest BCUT2D eigenvalue weighted by Crippen LogP contribution is 2.17. The van der Waals surface area contributed by atoms with E-state index in [-0.39, 0.29) is 13.0 Å². The number of carboxylic acids is 2. The number of ether oxygens (including phenoxy) is 1. The topological polar surface area (TPSA) is 95.9 Å². The number of rotatable bonds is 8. The van der Waals surface area contributed by atoms with Crippen LogP contribution in [0, 0.1) is 11.8 Å². The fourth-order valence-electron chi connectivity index (χ4n) is 2.08. The molecule has 1 rings (SSSR count). The molecule has 0 radical (unpaired) electrons. The van der Waals surface area contributed by atoms with E-state index in [1.54, 1.807) is 0 Å². The first-order valence-corrected chi connectivity index (χ1v) is 6.32. The number of nitrogens with one attached hydrogen (secondary N) is 1. The Balaban J connectivity index is 2.13. The average molecular weight is 259 g/mol. The molecular formula is C12H21NO5. The van der Waals surface area contributed by atoms with Crippen molar-refractivity contribution < 1.29 is 24.5 Å². The maximum absolute atomic E-state index is 10.8. The normalized spacial score (nSPS) is 18.4. The Bertz CT molecular complexity index is 276. The van der Waals surface area contributed by atoms with Gasteiger partial charge in [-0.1, -0.05) is 0 Å². The average Bonchev–Trinajstić information content (AvgIpc) is 2.33. The van der Waals surface area contributed by atoms with Gasteiger partial charge in [-0.25, -0.2) is 0 Å². The van der Waals surface area contributed by atoms with Gasteiger partial charge in [-0.2, -0.15) is 0 Å². The summed E-state index contributed by atoms with van der Waals surface area (Å²) in [5.74, 6) is -2.35. The van der Waals surface area contributed by atoms with Crippen LogP contribution in [-0.4, -0.2) is 48.5 Å². The van der Waals surface area contributed by atoms with Crippen molar-refractivity contribution in [2.75, 3.05) is 26.3 Å². The first kappa shape index (κ1) is 14.9. The SMILES string of the molecule is O=C(O)CC(CNCCC1CCOCC1)C(=O)O. The van der Waals surface area contributed by atoms with Crippen LogP contribution in [0.2, 0.25) is 0 Å². The highest BCUT2D eigenvalue weighted by molar-refractivity contribution is 5.77. The molecule has 1 aliphatic rings. The zero-order valence-electron chi connectivity index (χ0n) is 10.4. The lowest BCUT2D eigenvalue weighted by atomic mass is 9.96. The van der Waals surface area contributed by atoms with E-state index in [1.807, 2.05) is 0 Å². The van der Waals surface area contributed by atoms with E-state index in [0.717, 1.165) is 39.0 Å². The fourth-order valence-corrected chi connectivity index (χ4v) is 2.08. The van der Waals surface area contributed by atoms with Crippen molar-refractivity contribution in [3.05, 3.63) is 0 Å². The van der Waals surface area contributed by atoms with Gasteiger partial charge >= 0.3 is 11.9 Å². The third-order valence-electron chi connectivity index (χ3n) is 3.23. The van der Waals surface area contributed by atoms with Crippen molar-refractivity contribution in [3.8, 4) is 0 Å². The van der Waals surface area contributed by atoms with E-state index in [2.05, 4.69) is 5.32 Å². The van der Waals surface area contributed by atoms with Crippen LogP contribution >= 0.6 is 0 Å². The van der Waals surface area contributed by atoms with Crippen LogP contribution in [0.4, 0.5) is 0 Å². The Morgan fingerprint density at radius 1 is 1.28 bits per heavy atom. The molecule has 1 fully saturated rings. The summed E-state index contributed by atoms with van der Waals surface area (Å²) < 4.78 is 5.26. The molecule has 0 aromatic carbocycles. The van der Waals surface area contributed by atoms with Crippen LogP contribution in [0.1, 0.15) is 25.7 Å². The van der Waals surface area contributed by atoms with Gasteiger partial charge in [0.2, 0.25) is 0 Å². The lowest BCUT2D eigenvalue weighted by Crippen LogP contribution is -2.32. The summed E-state index contributed by atoms with van der Waals surface area (Å²) in [6.45, 7) is 2.56. The maximum atomic E-state index is 10.8. The van der Waals surface area contributed by atoms with E-state index in [9.17, 15) is 9.59 Å². The summed E-state index contributed by atoms with van der Waals surface area (Å²) in [4.78, 5) is 21.3. The second-order valence-corrected chi connectivity index (χ2v) is 4.68. The minimum atomic E-state index is -1.08. The molecule has 1 heterocycles. The van der Waals surface area contributed by atoms with Gasteiger partial charge < -0.3 is 20.3 Å². The van der Waals surface area contributed by atoms with Crippen LogP contribution in [-0.2, 0) is 14.3 Å². The molecule has 0 aliphatic carbocycles. The number of carboxylic acid groups (broad SMARTS) is 2. The Morgan fingerprint density at radius 2 is 1.94 bits per heavy atom. The molecule has 3 N–H and O–H groups in total. The quantitative estimate of drug-likeness (QED) is 0.551. The second kappa shape index (κ2) is 8.05. The minimum absolute atomic E-state index is 0.213. The number of hydrogen-bond donors (Lipinski definition) is 3. The molecule has 1 atom stereocenters. The van der Waals surface area contributed by atoms with Crippen LogP contribution in [0.3, 0.4) is 0 Å². The monoisotopic (exact) mass is 259 g/mol. The number of carbonyl (C=O) groups is 2. The van der Waals surface area contributed by atoms with Gasteiger partial charge in [0.05, 0.1) is 12.3 Å². The molecule has 104 valence electrons. The van der Waals surface area contributed by atoms with Crippen molar-refractivity contribution in [2.45, 2.75) is 25.7 Å². The first-order valence-electron chi connectivity index (χ1n) is 6.32. The van der Waals surface area contributed by atoms with E-state index >= 15 is 0 Å². The lowest BCUT2D eigenvalue weighted by molar-refractivity contribution is -0.148. The van der Waals surface area contributed by atoms with Crippen LogP contribution < -0.4 is 5.32 Å². The molecule has 0 bridgehead atoms. The number of aliphatic carboxylic acids is 2. The Hall–Kier alpha value is -1.14. The van der Waals surface area contributed by atoms with Crippen molar-refractivity contribution in [3.63, 3.8) is 0 Å².